The molecule has 98 valence electrons. The third-order valence-corrected chi connectivity index (χ3v) is 3.69. The molecule has 3 nitrogen and oxygen atoms in total. The van der Waals surface area contributed by atoms with Gasteiger partial charge in [0, 0.05) is 0 Å². The molecule has 0 aliphatic carbocycles. The third-order valence-electron chi connectivity index (χ3n) is 3.69. The Morgan fingerprint density at radius 1 is 1.22 bits per heavy atom. The molecule has 18 heavy (non-hydrogen) atoms. The summed E-state index contributed by atoms with van der Waals surface area (Å²) in [5.41, 5.74) is 0.989. The van der Waals surface area contributed by atoms with E-state index < -0.39 is 6.10 Å². The van der Waals surface area contributed by atoms with Crippen molar-refractivity contribution in [2.24, 2.45) is 5.41 Å². The van der Waals surface area contributed by atoms with Crippen molar-refractivity contribution in [3.8, 4) is 0 Å². The fourth-order valence-corrected chi connectivity index (χ4v) is 2.71. The molecule has 2 rings (SSSR count). The van der Waals surface area contributed by atoms with E-state index in [-0.39, 0.29) is 23.4 Å². The zero-order valence-electron chi connectivity index (χ0n) is 11.4. The van der Waals surface area contributed by atoms with Gasteiger partial charge in [-0.3, -0.25) is 4.79 Å². The first-order valence-corrected chi connectivity index (χ1v) is 6.39. The number of hydrogen-bond acceptors (Lipinski definition) is 2. The number of nitrogens with zero attached hydrogens (tertiary/aromatic N) is 1. The molecule has 1 heterocycles. The first kappa shape index (κ1) is 13.1. The van der Waals surface area contributed by atoms with E-state index in [1.54, 1.807) is 4.90 Å². The van der Waals surface area contributed by atoms with Crippen LogP contribution in [0.5, 0.6) is 0 Å². The molecule has 1 amide bonds. The van der Waals surface area contributed by atoms with E-state index in [0.717, 1.165) is 5.56 Å². The second-order valence-electron chi connectivity index (χ2n) is 6.09. The molecule has 1 fully saturated rings. The van der Waals surface area contributed by atoms with Gasteiger partial charge in [0.15, 0.2) is 6.10 Å². The Morgan fingerprint density at radius 3 is 2.28 bits per heavy atom. The summed E-state index contributed by atoms with van der Waals surface area (Å²) < 4.78 is 0. The molecule has 1 aliphatic heterocycles. The first-order chi connectivity index (χ1) is 8.34. The second kappa shape index (κ2) is 4.39. The van der Waals surface area contributed by atoms with Crippen LogP contribution in [-0.2, 0) is 4.79 Å². The molecule has 0 aromatic heterocycles. The van der Waals surface area contributed by atoms with Gasteiger partial charge >= 0.3 is 0 Å². The summed E-state index contributed by atoms with van der Waals surface area (Å²) in [6.45, 7) is 8.17. The largest absolute Gasteiger partial charge is 0.381 e. The molecule has 0 radical (unpaired) electrons. The predicted octanol–water partition coefficient (Wildman–Crippen LogP) is 2.37. The molecule has 0 spiro atoms. The van der Waals surface area contributed by atoms with Crippen LogP contribution >= 0.6 is 0 Å². The first-order valence-electron chi connectivity index (χ1n) is 6.39. The van der Waals surface area contributed by atoms with E-state index in [1.165, 1.54) is 0 Å². The summed E-state index contributed by atoms with van der Waals surface area (Å²) in [6, 6.07) is 9.83. The lowest BCUT2D eigenvalue weighted by molar-refractivity contribution is -0.182. The van der Waals surface area contributed by atoms with Gasteiger partial charge in [-0.15, -0.1) is 0 Å². The number of hydrogen-bond donors (Lipinski definition) is 1. The van der Waals surface area contributed by atoms with Crippen LogP contribution in [-0.4, -0.2) is 28.1 Å². The van der Waals surface area contributed by atoms with Crippen molar-refractivity contribution in [2.75, 3.05) is 0 Å². The van der Waals surface area contributed by atoms with Crippen LogP contribution in [0.3, 0.4) is 0 Å². The zero-order chi connectivity index (χ0) is 13.5. The third kappa shape index (κ3) is 2.03. The maximum atomic E-state index is 11.9. The lowest BCUT2D eigenvalue weighted by Crippen LogP contribution is -2.69. The van der Waals surface area contributed by atoms with Gasteiger partial charge in [0.2, 0.25) is 0 Å². The van der Waals surface area contributed by atoms with Gasteiger partial charge in [-0.1, -0.05) is 51.1 Å². The Kier molecular flexibility index (Phi) is 3.20. The topological polar surface area (TPSA) is 40.5 Å². The maximum absolute atomic E-state index is 11.9. The summed E-state index contributed by atoms with van der Waals surface area (Å²) in [4.78, 5) is 13.7. The van der Waals surface area contributed by atoms with Crippen molar-refractivity contribution in [1.29, 1.82) is 0 Å². The average Bonchev–Trinajstić information content (AvgIpc) is 2.33. The Morgan fingerprint density at radius 2 is 1.78 bits per heavy atom. The predicted molar refractivity (Wildman–Crippen MR) is 71.0 cm³/mol. The molecule has 0 unspecified atom stereocenters. The highest BCUT2D eigenvalue weighted by molar-refractivity contribution is 5.88. The summed E-state index contributed by atoms with van der Waals surface area (Å²) in [5, 5.41) is 9.89. The van der Waals surface area contributed by atoms with E-state index in [4.69, 9.17) is 0 Å². The lowest BCUT2D eigenvalue weighted by atomic mass is 9.75. The summed E-state index contributed by atoms with van der Waals surface area (Å²) in [5.74, 6) is -0.161. The number of aliphatic hydroxyl groups excluding tert-OH is 1. The Bertz CT molecular complexity index is 436. The molecule has 1 aromatic rings. The van der Waals surface area contributed by atoms with Crippen molar-refractivity contribution in [2.45, 2.75) is 45.9 Å². The number of aliphatic hydroxyl groups is 1. The molecule has 3 heteroatoms. The van der Waals surface area contributed by atoms with Gasteiger partial charge in [0.1, 0.15) is 0 Å². The molecule has 0 bridgehead atoms. The molecular weight excluding hydrogens is 226 g/mol. The lowest BCUT2D eigenvalue weighted by Gasteiger charge is -2.53. The van der Waals surface area contributed by atoms with Crippen molar-refractivity contribution < 1.29 is 9.90 Å². The van der Waals surface area contributed by atoms with E-state index >= 15 is 0 Å². The quantitative estimate of drug-likeness (QED) is 0.815. The number of likely N-dealkylation sites (tertiary alicyclic amines) is 1. The molecular formula is C15H21NO2. The highest BCUT2D eigenvalue weighted by atomic mass is 16.3. The zero-order valence-corrected chi connectivity index (χ0v) is 11.4. The Labute approximate surface area is 108 Å². The van der Waals surface area contributed by atoms with Crippen molar-refractivity contribution in [1.82, 2.24) is 4.90 Å². The summed E-state index contributed by atoms with van der Waals surface area (Å²) >= 11 is 0. The van der Waals surface area contributed by atoms with Gasteiger partial charge in [0.25, 0.3) is 5.91 Å². The Hall–Kier alpha value is -1.35. The van der Waals surface area contributed by atoms with Gasteiger partial charge in [0.05, 0.1) is 12.1 Å². The van der Waals surface area contributed by atoms with Crippen LogP contribution in [0, 0.1) is 5.41 Å². The van der Waals surface area contributed by atoms with Crippen molar-refractivity contribution in [3.05, 3.63) is 35.9 Å². The van der Waals surface area contributed by atoms with E-state index in [1.807, 2.05) is 37.3 Å². The minimum Gasteiger partial charge on any atom is -0.381 e. The number of carbonyl (C=O) groups is 1. The average molecular weight is 247 g/mol. The van der Waals surface area contributed by atoms with E-state index in [0.29, 0.717) is 0 Å². The van der Waals surface area contributed by atoms with Crippen molar-refractivity contribution >= 4 is 5.91 Å². The van der Waals surface area contributed by atoms with Crippen molar-refractivity contribution in [3.63, 3.8) is 0 Å². The van der Waals surface area contributed by atoms with Crippen LogP contribution in [0.25, 0.3) is 0 Å². The summed E-state index contributed by atoms with van der Waals surface area (Å²) in [6.07, 6.45) is -0.851. The Balaban J connectivity index is 2.25. The number of carbonyl (C=O) groups excluding carboxylic acids is 1. The SMILES string of the molecule is C[C@@H](c1ccccc1)N1C(=O)[C@H](O)[C@@H]1C(C)(C)C. The highest BCUT2D eigenvalue weighted by Gasteiger charge is 2.53. The molecule has 1 aromatic carbocycles. The van der Waals surface area contributed by atoms with Crippen LogP contribution in [0.2, 0.25) is 0 Å². The van der Waals surface area contributed by atoms with Gasteiger partial charge in [-0.25, -0.2) is 0 Å². The number of β-lactam (4-membered cyclic amide) rings is 1. The van der Waals surface area contributed by atoms with Crippen LogP contribution < -0.4 is 0 Å². The number of amides is 1. The second-order valence-corrected chi connectivity index (χ2v) is 6.09. The number of rotatable bonds is 2. The minimum atomic E-state index is -0.851. The fourth-order valence-electron chi connectivity index (χ4n) is 2.71. The standard InChI is InChI=1S/C15H21NO2/c1-10(11-8-6-5-7-9-11)16-13(15(2,3)4)12(17)14(16)18/h5-10,12-13,17H,1-4H3/t10-,12+,13+/m0/s1. The normalized spacial score (nSPS) is 25.8. The van der Waals surface area contributed by atoms with E-state index in [9.17, 15) is 9.90 Å². The van der Waals surface area contributed by atoms with Crippen LogP contribution in [0.1, 0.15) is 39.3 Å². The molecule has 1 N–H and O–H groups in total. The highest BCUT2D eigenvalue weighted by Crippen LogP contribution is 2.40. The maximum Gasteiger partial charge on any atom is 0.254 e. The summed E-state index contributed by atoms with van der Waals surface area (Å²) in [7, 11) is 0. The smallest absolute Gasteiger partial charge is 0.254 e. The molecule has 1 saturated heterocycles. The minimum absolute atomic E-state index is 0.00586. The fraction of sp³-hybridized carbons (Fsp3) is 0.533. The van der Waals surface area contributed by atoms with E-state index in [2.05, 4.69) is 20.8 Å². The van der Waals surface area contributed by atoms with Crippen LogP contribution in [0.4, 0.5) is 0 Å². The van der Waals surface area contributed by atoms with Crippen LogP contribution in [0.15, 0.2) is 30.3 Å². The van der Waals surface area contributed by atoms with Gasteiger partial charge < -0.3 is 10.0 Å². The molecule has 1 aliphatic rings. The molecule has 0 saturated carbocycles. The number of benzene rings is 1. The molecule has 3 atom stereocenters. The van der Waals surface area contributed by atoms with Gasteiger partial charge in [-0.05, 0) is 17.9 Å². The van der Waals surface area contributed by atoms with Gasteiger partial charge in [-0.2, -0.15) is 0 Å². The monoisotopic (exact) mass is 247 g/mol.